The number of likely N-dealkylation sites (tertiary alicyclic amines) is 1. The van der Waals surface area contributed by atoms with E-state index in [4.69, 9.17) is 4.98 Å². The zero-order valence-corrected chi connectivity index (χ0v) is 13.2. The Morgan fingerprint density at radius 3 is 2.55 bits per heavy atom. The third-order valence-corrected chi connectivity index (χ3v) is 4.68. The number of para-hydroxylation sites is 2. The van der Waals surface area contributed by atoms with E-state index in [1.54, 1.807) is 0 Å². The molecule has 0 unspecified atom stereocenters. The fourth-order valence-electron chi connectivity index (χ4n) is 3.46. The van der Waals surface area contributed by atoms with Gasteiger partial charge in [-0.3, -0.25) is 0 Å². The number of aromatic nitrogens is 4. The summed E-state index contributed by atoms with van der Waals surface area (Å²) >= 11 is 0. The molecular weight excluding hydrogens is 274 g/mol. The Labute approximate surface area is 130 Å². The van der Waals surface area contributed by atoms with Crippen LogP contribution < -0.4 is 0 Å². The Balaban J connectivity index is 1.71. The second-order valence-corrected chi connectivity index (χ2v) is 6.14. The Morgan fingerprint density at radius 1 is 1.00 bits per heavy atom. The molecule has 22 heavy (non-hydrogen) atoms. The van der Waals surface area contributed by atoms with Gasteiger partial charge in [-0.05, 0) is 38.1 Å². The SMILES string of the molecule is CCc1nc2n(CCN3CCCCC3)c3ccccc3n2n1. The predicted molar refractivity (Wildman–Crippen MR) is 88.2 cm³/mol. The lowest BCUT2D eigenvalue weighted by Crippen LogP contribution is -2.32. The van der Waals surface area contributed by atoms with E-state index in [-0.39, 0.29) is 0 Å². The Kier molecular flexibility index (Phi) is 3.58. The zero-order chi connectivity index (χ0) is 14.9. The van der Waals surface area contributed by atoms with Crippen LogP contribution in [0.5, 0.6) is 0 Å². The Bertz CT molecular complexity index is 779. The summed E-state index contributed by atoms with van der Waals surface area (Å²) in [6.07, 6.45) is 4.94. The summed E-state index contributed by atoms with van der Waals surface area (Å²) in [5.41, 5.74) is 2.39. The molecular formula is C17H23N5. The van der Waals surface area contributed by atoms with E-state index in [1.165, 1.54) is 37.9 Å². The molecule has 2 aromatic heterocycles. The molecule has 4 rings (SSSR count). The molecule has 3 aromatic rings. The van der Waals surface area contributed by atoms with Crippen LogP contribution in [-0.2, 0) is 13.0 Å². The van der Waals surface area contributed by atoms with Crippen molar-refractivity contribution in [1.29, 1.82) is 0 Å². The number of hydrogen-bond acceptors (Lipinski definition) is 3. The van der Waals surface area contributed by atoms with Gasteiger partial charge in [-0.15, -0.1) is 5.10 Å². The van der Waals surface area contributed by atoms with E-state index in [0.717, 1.165) is 36.6 Å². The molecule has 1 aromatic carbocycles. The van der Waals surface area contributed by atoms with Gasteiger partial charge < -0.3 is 9.47 Å². The maximum atomic E-state index is 4.73. The summed E-state index contributed by atoms with van der Waals surface area (Å²) in [6, 6.07) is 8.48. The summed E-state index contributed by atoms with van der Waals surface area (Å²) in [5.74, 6) is 1.91. The van der Waals surface area contributed by atoms with Crippen LogP contribution in [0.25, 0.3) is 16.8 Å². The van der Waals surface area contributed by atoms with Crippen LogP contribution in [-0.4, -0.2) is 43.7 Å². The molecule has 0 amide bonds. The fraction of sp³-hybridized carbons (Fsp3) is 0.529. The first-order valence-corrected chi connectivity index (χ1v) is 8.42. The van der Waals surface area contributed by atoms with E-state index >= 15 is 0 Å². The molecule has 0 aliphatic carbocycles. The summed E-state index contributed by atoms with van der Waals surface area (Å²) in [5, 5.41) is 4.65. The van der Waals surface area contributed by atoms with E-state index < -0.39 is 0 Å². The predicted octanol–water partition coefficient (Wildman–Crippen LogP) is 2.73. The molecule has 1 aliphatic rings. The molecule has 0 radical (unpaired) electrons. The third-order valence-electron chi connectivity index (χ3n) is 4.68. The fourth-order valence-corrected chi connectivity index (χ4v) is 3.46. The van der Waals surface area contributed by atoms with E-state index in [9.17, 15) is 0 Å². The van der Waals surface area contributed by atoms with Crippen molar-refractivity contribution in [3.8, 4) is 0 Å². The minimum Gasteiger partial charge on any atom is -0.307 e. The van der Waals surface area contributed by atoms with Gasteiger partial charge in [0.1, 0.15) is 0 Å². The molecule has 0 atom stereocenters. The molecule has 3 heterocycles. The van der Waals surface area contributed by atoms with Gasteiger partial charge in [0.15, 0.2) is 5.82 Å². The molecule has 0 N–H and O–H groups in total. The molecule has 0 bridgehead atoms. The zero-order valence-electron chi connectivity index (χ0n) is 13.2. The van der Waals surface area contributed by atoms with Gasteiger partial charge in [0.25, 0.3) is 0 Å². The number of aryl methyl sites for hydroxylation is 1. The highest BCUT2D eigenvalue weighted by molar-refractivity contribution is 5.80. The van der Waals surface area contributed by atoms with Crippen LogP contribution in [0.15, 0.2) is 24.3 Å². The van der Waals surface area contributed by atoms with Crippen LogP contribution in [0, 0.1) is 0 Å². The first kappa shape index (κ1) is 13.8. The lowest BCUT2D eigenvalue weighted by atomic mass is 10.1. The third kappa shape index (κ3) is 2.29. The van der Waals surface area contributed by atoms with Crippen molar-refractivity contribution in [2.75, 3.05) is 19.6 Å². The smallest absolute Gasteiger partial charge is 0.233 e. The largest absolute Gasteiger partial charge is 0.307 e. The maximum absolute atomic E-state index is 4.73. The lowest BCUT2D eigenvalue weighted by molar-refractivity contribution is 0.222. The van der Waals surface area contributed by atoms with Crippen molar-refractivity contribution in [3.63, 3.8) is 0 Å². The number of fused-ring (bicyclic) bond motifs is 3. The lowest BCUT2D eigenvalue weighted by Gasteiger charge is -2.26. The molecule has 116 valence electrons. The Morgan fingerprint density at radius 2 is 1.77 bits per heavy atom. The second-order valence-electron chi connectivity index (χ2n) is 6.14. The number of rotatable bonds is 4. The number of nitrogens with zero attached hydrogens (tertiary/aromatic N) is 5. The highest BCUT2D eigenvalue weighted by Crippen LogP contribution is 2.20. The van der Waals surface area contributed by atoms with Crippen molar-refractivity contribution in [2.45, 2.75) is 39.2 Å². The minimum absolute atomic E-state index is 0.877. The molecule has 5 nitrogen and oxygen atoms in total. The van der Waals surface area contributed by atoms with Crippen LogP contribution in [0.3, 0.4) is 0 Å². The van der Waals surface area contributed by atoms with Gasteiger partial charge in [0, 0.05) is 19.5 Å². The van der Waals surface area contributed by atoms with Gasteiger partial charge in [-0.25, -0.2) is 0 Å². The number of benzene rings is 1. The molecule has 5 heteroatoms. The summed E-state index contributed by atoms with van der Waals surface area (Å²) < 4.78 is 4.33. The van der Waals surface area contributed by atoms with E-state index in [2.05, 4.69) is 45.8 Å². The molecule has 1 saturated heterocycles. The average molecular weight is 297 g/mol. The highest BCUT2D eigenvalue weighted by Gasteiger charge is 2.16. The van der Waals surface area contributed by atoms with Crippen LogP contribution in [0.4, 0.5) is 0 Å². The first-order chi connectivity index (χ1) is 10.9. The van der Waals surface area contributed by atoms with Gasteiger partial charge in [-0.1, -0.05) is 25.5 Å². The average Bonchev–Trinajstić information content (AvgIpc) is 3.11. The van der Waals surface area contributed by atoms with Crippen molar-refractivity contribution < 1.29 is 0 Å². The topological polar surface area (TPSA) is 38.4 Å². The summed E-state index contributed by atoms with van der Waals surface area (Å²) in [7, 11) is 0. The highest BCUT2D eigenvalue weighted by atomic mass is 15.4. The molecule has 1 fully saturated rings. The minimum atomic E-state index is 0.877. The number of hydrogen-bond donors (Lipinski definition) is 0. The molecule has 0 spiro atoms. The van der Waals surface area contributed by atoms with Crippen LogP contribution in [0.1, 0.15) is 32.0 Å². The van der Waals surface area contributed by atoms with Crippen molar-refractivity contribution in [2.24, 2.45) is 0 Å². The first-order valence-electron chi connectivity index (χ1n) is 8.42. The summed E-state index contributed by atoms with van der Waals surface area (Å²) in [4.78, 5) is 7.30. The number of piperidine rings is 1. The van der Waals surface area contributed by atoms with Gasteiger partial charge in [0.2, 0.25) is 5.78 Å². The van der Waals surface area contributed by atoms with Crippen LogP contribution >= 0.6 is 0 Å². The van der Waals surface area contributed by atoms with Gasteiger partial charge in [-0.2, -0.15) is 9.50 Å². The Hall–Kier alpha value is -1.88. The van der Waals surface area contributed by atoms with Gasteiger partial charge in [0.05, 0.1) is 11.0 Å². The van der Waals surface area contributed by atoms with Crippen molar-refractivity contribution >= 4 is 16.8 Å². The van der Waals surface area contributed by atoms with Crippen molar-refractivity contribution in [1.82, 2.24) is 24.1 Å². The van der Waals surface area contributed by atoms with E-state index in [0.29, 0.717) is 0 Å². The molecule has 0 saturated carbocycles. The standard InChI is InChI=1S/C17H23N5/c1-2-16-18-17-21(13-12-20-10-6-3-7-11-20)14-8-4-5-9-15(14)22(17)19-16/h4-5,8-9H,2-3,6-7,10-13H2,1H3. The monoisotopic (exact) mass is 297 g/mol. The summed E-state index contributed by atoms with van der Waals surface area (Å²) in [6.45, 7) is 6.67. The molecule has 1 aliphatic heterocycles. The van der Waals surface area contributed by atoms with Crippen molar-refractivity contribution in [3.05, 3.63) is 30.1 Å². The second kappa shape index (κ2) is 5.72. The number of imidazole rings is 1. The van der Waals surface area contributed by atoms with E-state index in [1.807, 2.05) is 4.52 Å². The normalized spacial score (nSPS) is 16.8. The quantitative estimate of drug-likeness (QED) is 0.743. The van der Waals surface area contributed by atoms with Crippen LogP contribution in [0.2, 0.25) is 0 Å². The maximum Gasteiger partial charge on any atom is 0.233 e. The van der Waals surface area contributed by atoms with Gasteiger partial charge >= 0.3 is 0 Å².